The molecule has 0 bridgehead atoms. The summed E-state index contributed by atoms with van der Waals surface area (Å²) in [6.07, 6.45) is 2.06. The van der Waals surface area contributed by atoms with Crippen LogP contribution in [0, 0.1) is 5.82 Å². The largest absolute Gasteiger partial charge is 0.381 e. The third kappa shape index (κ3) is 3.04. The van der Waals surface area contributed by atoms with Gasteiger partial charge in [0, 0.05) is 37.8 Å². The van der Waals surface area contributed by atoms with Gasteiger partial charge in [0.2, 0.25) is 5.91 Å². The SMILES string of the molecule is CCn1nc(C2CCOCC2)nc1[C@H]1CC(=O)Nc2ccc(F)cc21. The average molecular weight is 344 g/mol. The van der Waals surface area contributed by atoms with E-state index in [4.69, 9.17) is 9.72 Å². The number of carbonyl (C=O) groups excluding carboxylic acids is 1. The molecule has 2 aromatic rings. The Balaban J connectivity index is 1.75. The van der Waals surface area contributed by atoms with Crippen LogP contribution in [0.4, 0.5) is 10.1 Å². The fraction of sp³-hybridized carbons (Fsp3) is 0.500. The number of benzene rings is 1. The van der Waals surface area contributed by atoms with E-state index in [2.05, 4.69) is 10.4 Å². The molecule has 1 aromatic carbocycles. The molecule has 1 amide bonds. The molecule has 0 aliphatic carbocycles. The summed E-state index contributed by atoms with van der Waals surface area (Å²) < 4.78 is 21.1. The van der Waals surface area contributed by atoms with Crippen LogP contribution in [0.15, 0.2) is 18.2 Å². The molecule has 3 heterocycles. The normalized spacial score (nSPS) is 21.0. The van der Waals surface area contributed by atoms with Gasteiger partial charge >= 0.3 is 0 Å². The van der Waals surface area contributed by atoms with Gasteiger partial charge in [-0.3, -0.25) is 4.79 Å². The summed E-state index contributed by atoms with van der Waals surface area (Å²) in [5, 5.41) is 7.49. The van der Waals surface area contributed by atoms with Crippen molar-refractivity contribution in [3.05, 3.63) is 41.2 Å². The van der Waals surface area contributed by atoms with Crippen molar-refractivity contribution >= 4 is 11.6 Å². The second-order valence-electron chi connectivity index (χ2n) is 6.57. The highest BCUT2D eigenvalue weighted by Crippen LogP contribution is 2.37. The van der Waals surface area contributed by atoms with Gasteiger partial charge < -0.3 is 10.1 Å². The summed E-state index contributed by atoms with van der Waals surface area (Å²) in [5.41, 5.74) is 1.42. The first kappa shape index (κ1) is 16.2. The van der Waals surface area contributed by atoms with E-state index < -0.39 is 0 Å². The Labute approximate surface area is 145 Å². The van der Waals surface area contributed by atoms with E-state index in [0.29, 0.717) is 12.2 Å². The topological polar surface area (TPSA) is 69.0 Å². The van der Waals surface area contributed by atoms with Crippen molar-refractivity contribution in [1.82, 2.24) is 14.8 Å². The van der Waals surface area contributed by atoms with Gasteiger partial charge in [-0.25, -0.2) is 14.1 Å². The molecule has 132 valence electrons. The lowest BCUT2D eigenvalue weighted by Gasteiger charge is -2.25. The fourth-order valence-electron chi connectivity index (χ4n) is 3.65. The lowest BCUT2D eigenvalue weighted by molar-refractivity contribution is -0.116. The standard InChI is InChI=1S/C18H21FN4O2/c1-2-23-18(21-17(22-23)11-5-7-25-8-6-11)14-10-16(24)20-15-4-3-12(19)9-13(14)15/h3-4,9,11,14H,2,5-8,10H2,1H3,(H,20,24)/t14-/m0/s1. The maximum absolute atomic E-state index is 13.8. The van der Waals surface area contributed by atoms with Crippen LogP contribution in [0.2, 0.25) is 0 Å². The first-order valence-electron chi connectivity index (χ1n) is 8.77. The summed E-state index contributed by atoms with van der Waals surface area (Å²) in [6, 6.07) is 4.46. The van der Waals surface area contributed by atoms with Crippen molar-refractivity contribution in [1.29, 1.82) is 0 Å². The maximum Gasteiger partial charge on any atom is 0.225 e. The van der Waals surface area contributed by atoms with Crippen LogP contribution in [0.1, 0.15) is 55.2 Å². The predicted molar refractivity (Wildman–Crippen MR) is 90.0 cm³/mol. The number of fused-ring (bicyclic) bond motifs is 1. The van der Waals surface area contributed by atoms with Crippen LogP contribution >= 0.6 is 0 Å². The zero-order chi connectivity index (χ0) is 17.4. The predicted octanol–water partition coefficient (Wildman–Crippen LogP) is 2.81. The molecule has 0 unspecified atom stereocenters. The average Bonchev–Trinajstić information content (AvgIpc) is 3.06. The molecule has 1 atom stereocenters. The summed E-state index contributed by atoms with van der Waals surface area (Å²) in [6.45, 7) is 4.11. The smallest absolute Gasteiger partial charge is 0.225 e. The first-order valence-corrected chi connectivity index (χ1v) is 8.77. The number of hydrogen-bond donors (Lipinski definition) is 1. The Hall–Kier alpha value is -2.28. The number of carbonyl (C=O) groups is 1. The number of amides is 1. The molecule has 7 heteroatoms. The highest BCUT2D eigenvalue weighted by Gasteiger charge is 2.32. The number of nitrogens with one attached hydrogen (secondary N) is 1. The highest BCUT2D eigenvalue weighted by atomic mass is 19.1. The molecule has 1 N–H and O–H groups in total. The minimum Gasteiger partial charge on any atom is -0.381 e. The van der Waals surface area contributed by atoms with Gasteiger partial charge in [0.15, 0.2) is 5.82 Å². The van der Waals surface area contributed by atoms with Gasteiger partial charge in [0.05, 0.1) is 5.92 Å². The van der Waals surface area contributed by atoms with Crippen LogP contribution < -0.4 is 5.32 Å². The molecule has 0 saturated carbocycles. The zero-order valence-electron chi connectivity index (χ0n) is 14.2. The minimum absolute atomic E-state index is 0.0811. The maximum atomic E-state index is 13.8. The molecule has 25 heavy (non-hydrogen) atoms. The molecule has 2 aliphatic rings. The van der Waals surface area contributed by atoms with E-state index >= 15 is 0 Å². The van der Waals surface area contributed by atoms with Crippen molar-refractivity contribution in [2.24, 2.45) is 0 Å². The number of aryl methyl sites for hydroxylation is 1. The second kappa shape index (κ2) is 6.55. The van der Waals surface area contributed by atoms with Gasteiger partial charge in [-0.2, -0.15) is 5.10 Å². The summed E-state index contributed by atoms with van der Waals surface area (Å²) in [5.74, 6) is 1.16. The van der Waals surface area contributed by atoms with Crippen LogP contribution in [0.25, 0.3) is 0 Å². The summed E-state index contributed by atoms with van der Waals surface area (Å²) >= 11 is 0. The summed E-state index contributed by atoms with van der Waals surface area (Å²) in [7, 11) is 0. The molecule has 1 saturated heterocycles. The molecule has 1 aromatic heterocycles. The van der Waals surface area contributed by atoms with Gasteiger partial charge in [-0.1, -0.05) is 0 Å². The van der Waals surface area contributed by atoms with Crippen LogP contribution in [-0.2, 0) is 16.1 Å². The van der Waals surface area contributed by atoms with Crippen molar-refractivity contribution in [2.45, 2.75) is 44.6 Å². The minimum atomic E-state index is -0.313. The van der Waals surface area contributed by atoms with E-state index in [0.717, 1.165) is 43.3 Å². The van der Waals surface area contributed by atoms with Crippen molar-refractivity contribution < 1.29 is 13.9 Å². The molecule has 1 fully saturated rings. The molecule has 4 rings (SSSR count). The van der Waals surface area contributed by atoms with E-state index in [1.54, 1.807) is 6.07 Å². The Morgan fingerprint density at radius 1 is 1.36 bits per heavy atom. The van der Waals surface area contributed by atoms with Gasteiger partial charge in [0.1, 0.15) is 11.6 Å². The Bertz CT molecular complexity index is 798. The molecule has 6 nitrogen and oxygen atoms in total. The van der Waals surface area contributed by atoms with E-state index in [1.807, 2.05) is 11.6 Å². The third-order valence-corrected chi connectivity index (χ3v) is 4.97. The number of aromatic nitrogens is 3. The number of halogens is 1. The number of hydrogen-bond acceptors (Lipinski definition) is 4. The van der Waals surface area contributed by atoms with Crippen LogP contribution in [0.3, 0.4) is 0 Å². The second-order valence-corrected chi connectivity index (χ2v) is 6.57. The first-order chi connectivity index (χ1) is 12.2. The molecular formula is C18H21FN4O2. The number of nitrogens with zero attached hydrogens (tertiary/aromatic N) is 3. The number of ether oxygens (including phenoxy) is 1. The van der Waals surface area contributed by atoms with E-state index in [1.165, 1.54) is 12.1 Å². The monoisotopic (exact) mass is 344 g/mol. The fourth-order valence-corrected chi connectivity index (χ4v) is 3.65. The van der Waals surface area contributed by atoms with Crippen molar-refractivity contribution in [2.75, 3.05) is 18.5 Å². The quantitative estimate of drug-likeness (QED) is 0.930. The molecular weight excluding hydrogens is 323 g/mol. The van der Waals surface area contributed by atoms with Gasteiger partial charge in [-0.05, 0) is 43.5 Å². The summed E-state index contributed by atoms with van der Waals surface area (Å²) in [4.78, 5) is 16.9. The lowest BCUT2D eigenvalue weighted by atomic mass is 9.89. The van der Waals surface area contributed by atoms with E-state index in [-0.39, 0.29) is 30.0 Å². The van der Waals surface area contributed by atoms with Crippen LogP contribution in [0.5, 0.6) is 0 Å². The Kier molecular flexibility index (Phi) is 4.25. The van der Waals surface area contributed by atoms with Crippen molar-refractivity contribution in [3.63, 3.8) is 0 Å². The van der Waals surface area contributed by atoms with Crippen LogP contribution in [-0.4, -0.2) is 33.9 Å². The van der Waals surface area contributed by atoms with Gasteiger partial charge in [0.25, 0.3) is 0 Å². The third-order valence-electron chi connectivity index (χ3n) is 4.97. The number of rotatable bonds is 3. The highest BCUT2D eigenvalue weighted by molar-refractivity contribution is 5.95. The van der Waals surface area contributed by atoms with E-state index in [9.17, 15) is 9.18 Å². The van der Waals surface area contributed by atoms with Gasteiger partial charge in [-0.15, -0.1) is 0 Å². The lowest BCUT2D eigenvalue weighted by Crippen LogP contribution is -2.25. The molecule has 2 aliphatic heterocycles. The molecule has 0 spiro atoms. The number of anilines is 1. The molecule has 0 radical (unpaired) electrons. The Morgan fingerprint density at radius 3 is 2.92 bits per heavy atom. The van der Waals surface area contributed by atoms with Crippen molar-refractivity contribution in [3.8, 4) is 0 Å². The zero-order valence-corrected chi connectivity index (χ0v) is 14.2. The Morgan fingerprint density at radius 2 is 2.16 bits per heavy atom.